The first-order chi connectivity index (χ1) is 20.1. The summed E-state index contributed by atoms with van der Waals surface area (Å²) in [5.74, 6) is -1.01. The summed E-state index contributed by atoms with van der Waals surface area (Å²) in [5, 5.41) is 2.71. The van der Waals surface area contributed by atoms with Gasteiger partial charge in [-0.1, -0.05) is 41.9 Å². The highest BCUT2D eigenvalue weighted by Crippen LogP contribution is 2.28. The summed E-state index contributed by atoms with van der Waals surface area (Å²) >= 11 is 6.16. The zero-order chi connectivity index (χ0) is 30.0. The Balaban J connectivity index is 1.33. The van der Waals surface area contributed by atoms with Crippen molar-refractivity contribution >= 4 is 40.0 Å². The van der Waals surface area contributed by atoms with Gasteiger partial charge >= 0.3 is 11.7 Å². The smallest absolute Gasteiger partial charge is 0.331 e. The van der Waals surface area contributed by atoms with Crippen LogP contribution in [0.2, 0.25) is 5.02 Å². The van der Waals surface area contributed by atoms with Gasteiger partial charge in [0.05, 0.1) is 10.6 Å². The van der Waals surface area contributed by atoms with Gasteiger partial charge in [0, 0.05) is 72.5 Å². The number of hydrogen-bond acceptors (Lipinski definition) is 5. The number of amides is 3. The second-order valence-corrected chi connectivity index (χ2v) is 12.4. The molecule has 3 amide bonds. The van der Waals surface area contributed by atoms with Crippen LogP contribution in [0.5, 0.6) is 0 Å². The van der Waals surface area contributed by atoms with Crippen LogP contribution in [0, 0.1) is 5.82 Å². The van der Waals surface area contributed by atoms with Gasteiger partial charge in [-0.25, -0.2) is 14.0 Å². The van der Waals surface area contributed by atoms with Gasteiger partial charge in [-0.3, -0.25) is 22.9 Å². The van der Waals surface area contributed by atoms with Crippen molar-refractivity contribution in [2.24, 2.45) is 0 Å². The Morgan fingerprint density at radius 2 is 1.79 bits per heavy atom. The van der Waals surface area contributed by atoms with E-state index in [-0.39, 0.29) is 53.0 Å². The fraction of sp³-hybridized carbons (Fsp3) is 0.379. The SMILES string of the molecule is CS(=O)CCn1c(=O)c(-c2cccc(F)c2Cl)cn(CC(=O)N2CCC(N3CCc4ccccc4NC3=O)CC2)c1=O. The van der Waals surface area contributed by atoms with E-state index in [1.807, 2.05) is 29.2 Å². The first-order valence-corrected chi connectivity index (χ1v) is 15.8. The van der Waals surface area contributed by atoms with E-state index in [1.165, 1.54) is 24.6 Å². The molecule has 1 aromatic heterocycles. The number of nitrogens with zero attached hydrogens (tertiary/aromatic N) is 4. The van der Waals surface area contributed by atoms with Gasteiger partial charge in [-0.05, 0) is 37.0 Å². The number of para-hydroxylation sites is 1. The van der Waals surface area contributed by atoms with Crippen LogP contribution in [0.4, 0.5) is 14.9 Å². The molecule has 0 aliphatic carbocycles. The topological polar surface area (TPSA) is 114 Å². The Morgan fingerprint density at radius 3 is 2.52 bits per heavy atom. The fourth-order valence-electron chi connectivity index (χ4n) is 5.49. The first kappa shape index (κ1) is 29.7. The number of aromatic nitrogens is 2. The summed E-state index contributed by atoms with van der Waals surface area (Å²) < 4.78 is 28.0. The zero-order valence-electron chi connectivity index (χ0n) is 23.1. The van der Waals surface area contributed by atoms with Crippen molar-refractivity contribution in [3.8, 4) is 11.1 Å². The molecule has 0 radical (unpaired) electrons. The highest BCUT2D eigenvalue weighted by atomic mass is 35.5. The molecule has 0 saturated carbocycles. The molecule has 0 bridgehead atoms. The number of rotatable bonds is 7. The maximum Gasteiger partial charge on any atom is 0.331 e. The minimum atomic E-state index is -1.29. The third-order valence-electron chi connectivity index (χ3n) is 7.79. The molecule has 3 heterocycles. The number of hydrogen-bond donors (Lipinski definition) is 1. The number of fused-ring (bicyclic) bond motifs is 1. The molecule has 10 nitrogen and oxygen atoms in total. The molecule has 2 aromatic carbocycles. The second-order valence-electron chi connectivity index (χ2n) is 10.4. The van der Waals surface area contributed by atoms with Crippen LogP contribution in [0.1, 0.15) is 18.4 Å². The molecule has 5 rings (SSSR count). The predicted octanol–water partition coefficient (Wildman–Crippen LogP) is 2.93. The Hall–Kier alpha value is -3.77. The maximum atomic E-state index is 14.2. The number of carbonyl (C=O) groups excluding carboxylic acids is 2. The fourth-order valence-corrected chi connectivity index (χ4v) is 6.16. The Bertz CT molecular complexity index is 1670. The summed E-state index contributed by atoms with van der Waals surface area (Å²) in [7, 11) is -1.29. The van der Waals surface area contributed by atoms with Crippen LogP contribution in [-0.2, 0) is 35.1 Å². The molecular weight excluding hydrogens is 585 g/mol. The normalized spacial score (nSPS) is 16.5. The van der Waals surface area contributed by atoms with Crippen molar-refractivity contribution < 1.29 is 18.2 Å². The molecule has 1 N–H and O–H groups in total. The van der Waals surface area contributed by atoms with Gasteiger partial charge in [0.2, 0.25) is 5.91 Å². The summed E-state index contributed by atoms with van der Waals surface area (Å²) in [6.45, 7) is 0.881. The lowest BCUT2D eigenvalue weighted by Gasteiger charge is -2.38. The van der Waals surface area contributed by atoms with Gasteiger partial charge in [0.25, 0.3) is 5.56 Å². The van der Waals surface area contributed by atoms with Crippen LogP contribution < -0.4 is 16.6 Å². The van der Waals surface area contributed by atoms with Crippen LogP contribution in [0.25, 0.3) is 11.1 Å². The number of halogens is 2. The van der Waals surface area contributed by atoms with Crippen LogP contribution in [0.15, 0.2) is 58.3 Å². The van der Waals surface area contributed by atoms with E-state index in [0.29, 0.717) is 32.5 Å². The summed E-state index contributed by atoms with van der Waals surface area (Å²) in [6.07, 6.45) is 4.58. The number of likely N-dealkylation sites (tertiary alicyclic amines) is 1. The van der Waals surface area contributed by atoms with Crippen molar-refractivity contribution in [3.63, 3.8) is 0 Å². The van der Waals surface area contributed by atoms with Crippen LogP contribution in [0.3, 0.4) is 0 Å². The monoisotopic (exact) mass is 615 g/mol. The quantitative estimate of drug-likeness (QED) is 0.439. The molecule has 1 atom stereocenters. The molecule has 1 saturated heterocycles. The predicted molar refractivity (Wildman–Crippen MR) is 160 cm³/mol. The number of carbonyl (C=O) groups is 2. The number of urea groups is 1. The summed E-state index contributed by atoms with van der Waals surface area (Å²) in [5.41, 5.74) is 0.505. The molecule has 0 spiro atoms. The third kappa shape index (κ3) is 6.19. The van der Waals surface area contributed by atoms with Gasteiger partial charge in [-0.15, -0.1) is 0 Å². The van der Waals surface area contributed by atoms with Crippen molar-refractivity contribution in [2.45, 2.75) is 38.4 Å². The average Bonchev–Trinajstić information content (AvgIpc) is 3.14. The molecule has 1 unspecified atom stereocenters. The molecular formula is C29H31ClFN5O5S. The van der Waals surface area contributed by atoms with E-state index in [4.69, 9.17) is 11.6 Å². The van der Waals surface area contributed by atoms with Gasteiger partial charge in [0.15, 0.2) is 0 Å². The standard InChI is InChI=1S/C29H31ClFN5O5S/c1-42(41)16-15-36-27(38)22(21-6-4-7-23(31)26(21)30)17-34(29(36)40)18-25(37)33-12-10-20(11-13-33)35-14-9-19-5-2-3-8-24(19)32-28(35)39/h2-8,17,20H,9-16,18H2,1H3,(H,32,39). The van der Waals surface area contributed by atoms with E-state index in [1.54, 1.807) is 4.90 Å². The largest absolute Gasteiger partial charge is 0.341 e. The third-order valence-corrected chi connectivity index (χ3v) is 8.93. The number of anilines is 1. The molecule has 222 valence electrons. The summed E-state index contributed by atoms with van der Waals surface area (Å²) in [6, 6.07) is 11.5. The van der Waals surface area contributed by atoms with Gasteiger partial charge < -0.3 is 15.1 Å². The van der Waals surface area contributed by atoms with Gasteiger partial charge in [-0.2, -0.15) is 0 Å². The number of nitrogens with one attached hydrogen (secondary N) is 1. The lowest BCUT2D eigenvalue weighted by atomic mass is 10.0. The zero-order valence-corrected chi connectivity index (χ0v) is 24.6. The average molecular weight is 616 g/mol. The molecule has 42 heavy (non-hydrogen) atoms. The van der Waals surface area contributed by atoms with E-state index in [2.05, 4.69) is 5.32 Å². The van der Waals surface area contributed by atoms with Crippen molar-refractivity contribution in [1.29, 1.82) is 0 Å². The number of piperidine rings is 1. The highest BCUT2D eigenvalue weighted by Gasteiger charge is 2.31. The minimum Gasteiger partial charge on any atom is -0.341 e. The van der Waals surface area contributed by atoms with Crippen molar-refractivity contribution in [1.82, 2.24) is 18.9 Å². The molecule has 2 aliphatic rings. The second kappa shape index (κ2) is 12.6. The van der Waals surface area contributed by atoms with E-state index in [0.717, 1.165) is 32.9 Å². The van der Waals surface area contributed by atoms with Crippen molar-refractivity contribution in [3.05, 3.63) is 85.9 Å². The molecule has 13 heteroatoms. The Morgan fingerprint density at radius 1 is 1.05 bits per heavy atom. The Kier molecular flexibility index (Phi) is 8.93. The van der Waals surface area contributed by atoms with E-state index >= 15 is 0 Å². The maximum absolute atomic E-state index is 14.2. The van der Waals surface area contributed by atoms with E-state index < -0.39 is 27.9 Å². The van der Waals surface area contributed by atoms with E-state index in [9.17, 15) is 27.8 Å². The lowest BCUT2D eigenvalue weighted by molar-refractivity contribution is -0.133. The first-order valence-electron chi connectivity index (χ1n) is 13.7. The van der Waals surface area contributed by atoms with Crippen LogP contribution in [-0.4, -0.2) is 72.8 Å². The highest BCUT2D eigenvalue weighted by molar-refractivity contribution is 7.84. The molecule has 3 aromatic rings. The molecule has 1 fully saturated rings. The summed E-state index contributed by atoms with van der Waals surface area (Å²) in [4.78, 5) is 56.3. The van der Waals surface area contributed by atoms with Crippen LogP contribution >= 0.6 is 11.6 Å². The Labute approximate surface area is 249 Å². The lowest BCUT2D eigenvalue weighted by Crippen LogP contribution is -2.51. The minimum absolute atomic E-state index is 0.0374. The van der Waals surface area contributed by atoms with Crippen molar-refractivity contribution in [2.75, 3.05) is 37.0 Å². The van der Waals surface area contributed by atoms with Gasteiger partial charge in [0.1, 0.15) is 12.4 Å². The molecule has 2 aliphatic heterocycles. The number of benzene rings is 2.